The second-order valence-electron chi connectivity index (χ2n) is 4.56. The molecule has 7 heteroatoms. The maximum Gasteiger partial charge on any atom is 0.321 e. The lowest BCUT2D eigenvalue weighted by Gasteiger charge is -2.31. The predicted molar refractivity (Wildman–Crippen MR) is 84.6 cm³/mol. The highest BCUT2D eigenvalue weighted by atomic mass is 32.2. The number of hydrogen-bond acceptors (Lipinski definition) is 6. The molecule has 1 N–H and O–H groups in total. The van der Waals surface area contributed by atoms with Crippen LogP contribution in [0.1, 0.15) is 5.69 Å². The van der Waals surface area contributed by atoms with Gasteiger partial charge in [0.25, 0.3) is 0 Å². The van der Waals surface area contributed by atoms with Crippen LogP contribution in [0.25, 0.3) is 10.6 Å². The molecule has 0 amide bonds. The molecule has 0 aliphatic carbocycles. The number of aromatic nitrogens is 1. The predicted octanol–water partition coefficient (Wildman–Crippen LogP) is 2.87. The number of thioether (sulfide) groups is 1. The van der Waals surface area contributed by atoms with Crippen LogP contribution in [0.4, 0.5) is 0 Å². The molecular weight excluding hydrogens is 312 g/mol. The molecule has 2 aromatic heterocycles. The van der Waals surface area contributed by atoms with Gasteiger partial charge in [-0.15, -0.1) is 11.3 Å². The molecule has 106 valence electrons. The van der Waals surface area contributed by atoms with Gasteiger partial charge >= 0.3 is 5.97 Å². The molecule has 0 saturated carbocycles. The number of thiophene rings is 1. The van der Waals surface area contributed by atoms with Crippen molar-refractivity contribution in [1.29, 1.82) is 0 Å². The highest BCUT2D eigenvalue weighted by molar-refractivity contribution is 7.99. The standard InChI is InChI=1S/C13H14N2O2S3/c16-13(17)11-8-19-4-2-15(11)5-10-7-20-12(14-10)9-1-3-18-6-9/h1,3,6-7,11H,2,4-5,8H2,(H,16,17). The van der Waals surface area contributed by atoms with E-state index < -0.39 is 5.97 Å². The van der Waals surface area contributed by atoms with Crippen LogP contribution in [-0.4, -0.2) is 45.1 Å². The highest BCUT2D eigenvalue weighted by Gasteiger charge is 2.29. The Morgan fingerprint density at radius 2 is 2.40 bits per heavy atom. The third-order valence-corrected chi connectivity index (χ3v) is 5.86. The minimum Gasteiger partial charge on any atom is -0.480 e. The molecule has 1 atom stereocenters. The Morgan fingerprint density at radius 3 is 3.15 bits per heavy atom. The molecule has 20 heavy (non-hydrogen) atoms. The first-order chi connectivity index (χ1) is 9.74. The third kappa shape index (κ3) is 3.06. The maximum absolute atomic E-state index is 11.3. The monoisotopic (exact) mass is 326 g/mol. The Bertz CT molecular complexity index is 582. The summed E-state index contributed by atoms with van der Waals surface area (Å²) >= 11 is 4.99. The topological polar surface area (TPSA) is 53.4 Å². The van der Waals surface area contributed by atoms with Gasteiger partial charge in [0.05, 0.1) is 5.69 Å². The molecule has 1 unspecified atom stereocenters. The lowest BCUT2D eigenvalue weighted by atomic mass is 10.2. The summed E-state index contributed by atoms with van der Waals surface area (Å²) in [5.41, 5.74) is 2.12. The first-order valence-electron chi connectivity index (χ1n) is 6.25. The molecule has 0 radical (unpaired) electrons. The van der Waals surface area contributed by atoms with Crippen LogP contribution >= 0.6 is 34.4 Å². The fourth-order valence-electron chi connectivity index (χ4n) is 2.16. The highest BCUT2D eigenvalue weighted by Crippen LogP contribution is 2.27. The fraction of sp³-hybridized carbons (Fsp3) is 0.385. The number of aliphatic carboxylic acids is 1. The molecule has 1 aliphatic heterocycles. The van der Waals surface area contributed by atoms with Gasteiger partial charge in [0.15, 0.2) is 0 Å². The summed E-state index contributed by atoms with van der Waals surface area (Å²) in [6, 6.07) is 1.67. The molecule has 2 aromatic rings. The van der Waals surface area contributed by atoms with Gasteiger partial charge in [0.1, 0.15) is 11.0 Å². The molecule has 4 nitrogen and oxygen atoms in total. The number of nitrogens with zero attached hydrogens (tertiary/aromatic N) is 2. The minimum absolute atomic E-state index is 0.389. The van der Waals surface area contributed by atoms with E-state index in [1.807, 2.05) is 15.7 Å². The average Bonchev–Trinajstić information content (AvgIpc) is 3.09. The van der Waals surface area contributed by atoms with Gasteiger partial charge < -0.3 is 5.11 Å². The van der Waals surface area contributed by atoms with E-state index in [-0.39, 0.29) is 6.04 Å². The van der Waals surface area contributed by atoms with E-state index in [0.29, 0.717) is 12.3 Å². The Labute approximate surface area is 129 Å². The van der Waals surface area contributed by atoms with Crippen LogP contribution in [0, 0.1) is 0 Å². The van der Waals surface area contributed by atoms with Crippen molar-refractivity contribution < 1.29 is 9.90 Å². The van der Waals surface area contributed by atoms with Crippen molar-refractivity contribution >= 4 is 40.4 Å². The fourth-order valence-corrected chi connectivity index (χ4v) is 4.79. The van der Waals surface area contributed by atoms with Crippen LogP contribution < -0.4 is 0 Å². The second kappa shape index (κ2) is 6.26. The van der Waals surface area contributed by atoms with Crippen molar-refractivity contribution in [1.82, 2.24) is 9.88 Å². The molecular formula is C13H14N2O2S3. The summed E-state index contributed by atoms with van der Waals surface area (Å²) in [5, 5.41) is 16.4. The summed E-state index contributed by atoms with van der Waals surface area (Å²) in [7, 11) is 0. The zero-order valence-corrected chi connectivity index (χ0v) is 13.1. The van der Waals surface area contributed by atoms with E-state index >= 15 is 0 Å². The molecule has 0 bridgehead atoms. The van der Waals surface area contributed by atoms with E-state index in [4.69, 9.17) is 0 Å². The molecule has 1 aliphatic rings. The average molecular weight is 326 g/mol. The molecule has 1 saturated heterocycles. The van der Waals surface area contributed by atoms with Gasteiger partial charge in [-0.25, -0.2) is 4.98 Å². The van der Waals surface area contributed by atoms with E-state index in [9.17, 15) is 9.90 Å². The molecule has 0 aromatic carbocycles. The van der Waals surface area contributed by atoms with Gasteiger partial charge in [-0.2, -0.15) is 23.1 Å². The zero-order valence-electron chi connectivity index (χ0n) is 10.7. The van der Waals surface area contributed by atoms with Gasteiger partial charge in [-0.1, -0.05) is 0 Å². The van der Waals surface area contributed by atoms with Crippen molar-refractivity contribution in [3.05, 3.63) is 27.9 Å². The largest absolute Gasteiger partial charge is 0.480 e. The number of hydrogen-bond donors (Lipinski definition) is 1. The molecule has 1 fully saturated rings. The SMILES string of the molecule is O=C(O)C1CSCCN1Cc1csc(-c2ccsc2)n1. The van der Waals surface area contributed by atoms with Crippen molar-refractivity contribution in [2.24, 2.45) is 0 Å². The lowest BCUT2D eigenvalue weighted by Crippen LogP contribution is -2.46. The Kier molecular flexibility index (Phi) is 4.40. The summed E-state index contributed by atoms with van der Waals surface area (Å²) < 4.78 is 0. The molecule has 0 spiro atoms. The zero-order chi connectivity index (χ0) is 13.9. The summed E-state index contributed by atoms with van der Waals surface area (Å²) in [6.07, 6.45) is 0. The Balaban J connectivity index is 1.72. The van der Waals surface area contributed by atoms with Crippen LogP contribution in [0.5, 0.6) is 0 Å². The number of thiazole rings is 1. The number of carbonyl (C=O) groups is 1. The normalized spacial score (nSPS) is 20.1. The quantitative estimate of drug-likeness (QED) is 0.936. The summed E-state index contributed by atoms with van der Waals surface area (Å²) in [4.78, 5) is 17.9. The van der Waals surface area contributed by atoms with Crippen LogP contribution in [0.2, 0.25) is 0 Å². The number of carboxylic acids is 1. The summed E-state index contributed by atoms with van der Waals surface area (Å²) in [6.45, 7) is 1.44. The summed E-state index contributed by atoms with van der Waals surface area (Å²) in [5.74, 6) is 0.924. The lowest BCUT2D eigenvalue weighted by molar-refractivity contribution is -0.142. The smallest absolute Gasteiger partial charge is 0.321 e. The van der Waals surface area contributed by atoms with Crippen molar-refractivity contribution in [3.8, 4) is 10.6 Å². The van der Waals surface area contributed by atoms with Crippen LogP contribution in [0.15, 0.2) is 22.2 Å². The third-order valence-electron chi connectivity index (χ3n) is 3.21. The molecule has 3 heterocycles. The minimum atomic E-state index is -0.731. The van der Waals surface area contributed by atoms with Crippen LogP contribution in [0.3, 0.4) is 0 Å². The van der Waals surface area contributed by atoms with Gasteiger partial charge in [0.2, 0.25) is 0 Å². The maximum atomic E-state index is 11.3. The van der Waals surface area contributed by atoms with Crippen molar-refractivity contribution in [3.63, 3.8) is 0 Å². The first-order valence-corrected chi connectivity index (χ1v) is 9.23. The number of carboxylic acid groups (broad SMARTS) is 1. The van der Waals surface area contributed by atoms with E-state index in [1.165, 1.54) is 0 Å². The van der Waals surface area contributed by atoms with Crippen molar-refractivity contribution in [2.75, 3.05) is 18.1 Å². The first kappa shape index (κ1) is 14.1. The number of rotatable bonds is 4. The molecule has 3 rings (SSSR count). The Morgan fingerprint density at radius 1 is 1.50 bits per heavy atom. The Hall–Kier alpha value is -0.890. The van der Waals surface area contributed by atoms with Crippen LogP contribution in [-0.2, 0) is 11.3 Å². The van der Waals surface area contributed by atoms with Gasteiger partial charge in [-0.3, -0.25) is 9.69 Å². The van der Waals surface area contributed by atoms with E-state index in [1.54, 1.807) is 34.4 Å². The van der Waals surface area contributed by atoms with Crippen molar-refractivity contribution in [2.45, 2.75) is 12.6 Å². The van der Waals surface area contributed by atoms with E-state index in [0.717, 1.165) is 28.6 Å². The van der Waals surface area contributed by atoms with Gasteiger partial charge in [-0.05, 0) is 11.4 Å². The van der Waals surface area contributed by atoms with Gasteiger partial charge in [0, 0.05) is 40.9 Å². The van der Waals surface area contributed by atoms with E-state index in [2.05, 4.69) is 16.4 Å². The second-order valence-corrected chi connectivity index (χ2v) is 7.34.